The molecule has 0 fully saturated rings. The van der Waals surface area contributed by atoms with Gasteiger partial charge in [-0.1, -0.05) is 32.0 Å². The lowest BCUT2D eigenvalue weighted by molar-refractivity contribution is -0.116. The molecule has 0 aliphatic rings. The lowest BCUT2D eigenvalue weighted by Gasteiger charge is -2.10. The third-order valence-corrected chi connectivity index (χ3v) is 4.86. The maximum Gasteiger partial charge on any atom is 0.337 e. The highest BCUT2D eigenvalue weighted by Gasteiger charge is 2.19. The summed E-state index contributed by atoms with van der Waals surface area (Å²) in [7, 11) is 1.32. The number of fused-ring (bicyclic) bond motifs is 1. The van der Waals surface area contributed by atoms with Crippen molar-refractivity contribution < 1.29 is 18.7 Å². The normalized spacial score (nSPS) is 11.1. The summed E-state index contributed by atoms with van der Waals surface area (Å²) in [5.74, 6) is 0.367. The van der Waals surface area contributed by atoms with Crippen molar-refractivity contribution in [2.24, 2.45) is 0 Å². The number of rotatable bonds is 6. The third-order valence-electron chi connectivity index (χ3n) is 4.86. The van der Waals surface area contributed by atoms with Crippen molar-refractivity contribution in [2.45, 2.75) is 26.3 Å². The number of methoxy groups -OCH3 is 1. The first-order valence-corrected chi connectivity index (χ1v) is 9.86. The van der Waals surface area contributed by atoms with Crippen LogP contribution in [0.15, 0.2) is 59.0 Å². The molecule has 0 aliphatic carbocycles. The fourth-order valence-corrected chi connectivity index (χ4v) is 3.28. The Labute approximate surface area is 178 Å². The molecule has 0 unspecified atom stereocenters. The van der Waals surface area contributed by atoms with Crippen molar-refractivity contribution in [1.82, 2.24) is 14.8 Å². The number of amides is 1. The highest BCUT2D eigenvalue weighted by atomic mass is 16.5. The summed E-state index contributed by atoms with van der Waals surface area (Å²) < 4.78 is 12.4. The van der Waals surface area contributed by atoms with Crippen LogP contribution in [0.3, 0.4) is 0 Å². The van der Waals surface area contributed by atoms with E-state index in [9.17, 15) is 9.59 Å². The maximum atomic E-state index is 12.8. The molecule has 0 saturated carbocycles. The minimum atomic E-state index is -0.429. The van der Waals surface area contributed by atoms with Crippen LogP contribution in [0.4, 0.5) is 5.69 Å². The number of nitrogens with zero attached hydrogens (tertiary/aromatic N) is 3. The minimum Gasteiger partial charge on any atom is -0.465 e. The molecule has 8 heteroatoms. The predicted molar refractivity (Wildman–Crippen MR) is 116 cm³/mol. The molecule has 0 saturated heterocycles. The number of esters is 1. The fourth-order valence-electron chi connectivity index (χ4n) is 3.28. The van der Waals surface area contributed by atoms with Gasteiger partial charge < -0.3 is 19.0 Å². The van der Waals surface area contributed by atoms with Gasteiger partial charge in [0.2, 0.25) is 11.8 Å². The first kappa shape index (κ1) is 20.3. The number of nitrogens with one attached hydrogen (secondary N) is 1. The molecule has 31 heavy (non-hydrogen) atoms. The summed E-state index contributed by atoms with van der Waals surface area (Å²) >= 11 is 0. The van der Waals surface area contributed by atoms with Gasteiger partial charge in [-0.15, -0.1) is 10.2 Å². The van der Waals surface area contributed by atoms with E-state index in [4.69, 9.17) is 9.15 Å². The first-order chi connectivity index (χ1) is 15.0. The molecule has 0 spiro atoms. The molecule has 0 atom stereocenters. The lowest BCUT2D eigenvalue weighted by atomic mass is 10.2. The fraction of sp³-hybridized carbons (Fsp3) is 0.217. The van der Waals surface area contributed by atoms with Crippen molar-refractivity contribution in [3.8, 4) is 11.6 Å². The molecule has 0 aliphatic heterocycles. The molecular formula is C23H22N4O4. The topological polar surface area (TPSA) is 99.2 Å². The second-order valence-electron chi connectivity index (χ2n) is 7.39. The van der Waals surface area contributed by atoms with Gasteiger partial charge in [-0.3, -0.25) is 4.79 Å². The average molecular weight is 418 g/mol. The van der Waals surface area contributed by atoms with Gasteiger partial charge in [0.25, 0.3) is 5.89 Å². The molecule has 4 aromatic rings. The minimum absolute atomic E-state index is 0.0565. The Hall–Kier alpha value is -3.94. The van der Waals surface area contributed by atoms with Crippen LogP contribution < -0.4 is 5.32 Å². The van der Waals surface area contributed by atoms with Crippen molar-refractivity contribution >= 4 is 28.5 Å². The van der Waals surface area contributed by atoms with Crippen LogP contribution in [-0.4, -0.2) is 33.8 Å². The van der Waals surface area contributed by atoms with E-state index in [0.717, 1.165) is 10.9 Å². The van der Waals surface area contributed by atoms with Crippen molar-refractivity contribution in [1.29, 1.82) is 0 Å². The number of hydrogen-bond acceptors (Lipinski definition) is 6. The summed E-state index contributed by atoms with van der Waals surface area (Å²) in [6.45, 7) is 4.01. The molecule has 1 N–H and O–H groups in total. The number of carbonyl (C=O) groups excluding carboxylic acids is 2. The first-order valence-electron chi connectivity index (χ1n) is 9.86. The van der Waals surface area contributed by atoms with Gasteiger partial charge in [-0.25, -0.2) is 4.79 Å². The molecule has 2 aromatic heterocycles. The van der Waals surface area contributed by atoms with Crippen LogP contribution in [0.2, 0.25) is 0 Å². The number of carbonyl (C=O) groups is 2. The van der Waals surface area contributed by atoms with Crippen molar-refractivity contribution in [3.63, 3.8) is 0 Å². The maximum absolute atomic E-state index is 12.8. The molecule has 0 bridgehead atoms. The molecule has 4 rings (SSSR count). The van der Waals surface area contributed by atoms with Gasteiger partial charge in [-0.05, 0) is 36.4 Å². The third kappa shape index (κ3) is 4.18. The van der Waals surface area contributed by atoms with E-state index in [-0.39, 0.29) is 18.4 Å². The Bertz CT molecular complexity index is 1240. The second kappa shape index (κ2) is 8.43. The summed E-state index contributed by atoms with van der Waals surface area (Å²) in [6.07, 6.45) is 0. The smallest absolute Gasteiger partial charge is 0.337 e. The molecule has 2 aromatic carbocycles. The summed E-state index contributed by atoms with van der Waals surface area (Å²) in [6, 6.07) is 16.2. The van der Waals surface area contributed by atoms with E-state index in [0.29, 0.717) is 28.7 Å². The van der Waals surface area contributed by atoms with E-state index < -0.39 is 5.97 Å². The van der Waals surface area contributed by atoms with Gasteiger partial charge in [0.1, 0.15) is 12.2 Å². The van der Waals surface area contributed by atoms with Crippen LogP contribution >= 0.6 is 0 Å². The Morgan fingerprint density at radius 2 is 1.84 bits per heavy atom. The molecular weight excluding hydrogens is 396 g/mol. The zero-order valence-corrected chi connectivity index (χ0v) is 17.5. The Kier molecular flexibility index (Phi) is 5.53. The summed E-state index contributed by atoms with van der Waals surface area (Å²) in [4.78, 5) is 24.4. The van der Waals surface area contributed by atoms with Gasteiger partial charge in [0.05, 0.1) is 12.7 Å². The van der Waals surface area contributed by atoms with Crippen molar-refractivity contribution in [2.75, 3.05) is 12.4 Å². The highest BCUT2D eigenvalue weighted by molar-refractivity contribution is 5.94. The Morgan fingerprint density at radius 3 is 2.52 bits per heavy atom. The van der Waals surface area contributed by atoms with Crippen LogP contribution in [-0.2, 0) is 16.1 Å². The molecule has 8 nitrogen and oxygen atoms in total. The molecule has 158 valence electrons. The number of aromatic nitrogens is 3. The SMILES string of the molecule is COC(=O)c1ccc(NC(=O)Cn2c(-c3nnc(C(C)C)o3)cc3ccccc32)cc1. The molecule has 1 amide bonds. The van der Waals surface area contributed by atoms with E-state index in [1.807, 2.05) is 48.7 Å². The molecule has 0 radical (unpaired) electrons. The molecule has 2 heterocycles. The summed E-state index contributed by atoms with van der Waals surface area (Å²) in [5, 5.41) is 12.1. The zero-order chi connectivity index (χ0) is 22.0. The van der Waals surface area contributed by atoms with Gasteiger partial charge >= 0.3 is 5.97 Å². The number of ether oxygens (including phenoxy) is 1. The standard InChI is InChI=1S/C23H22N4O4/c1-14(2)21-25-26-22(31-21)19-12-16-6-4-5-7-18(16)27(19)13-20(28)24-17-10-8-15(9-11-17)23(29)30-3/h4-12,14H,13H2,1-3H3,(H,24,28). The Balaban J connectivity index is 1.61. The van der Waals surface area contributed by atoms with E-state index >= 15 is 0 Å². The van der Waals surface area contributed by atoms with Crippen LogP contribution in [0.5, 0.6) is 0 Å². The van der Waals surface area contributed by atoms with E-state index in [1.165, 1.54) is 7.11 Å². The number of hydrogen-bond donors (Lipinski definition) is 1. The van der Waals surface area contributed by atoms with Crippen LogP contribution in [0.25, 0.3) is 22.5 Å². The van der Waals surface area contributed by atoms with Gasteiger partial charge in [0.15, 0.2) is 0 Å². The quantitative estimate of drug-likeness (QED) is 0.470. The number of para-hydroxylation sites is 1. The zero-order valence-electron chi connectivity index (χ0n) is 17.5. The van der Waals surface area contributed by atoms with Crippen LogP contribution in [0, 0.1) is 0 Å². The lowest BCUT2D eigenvalue weighted by Crippen LogP contribution is -2.19. The summed E-state index contributed by atoms with van der Waals surface area (Å²) in [5.41, 5.74) is 2.56. The number of benzene rings is 2. The van der Waals surface area contributed by atoms with Gasteiger partial charge in [0, 0.05) is 22.5 Å². The predicted octanol–water partition coefficient (Wildman–Crippen LogP) is 4.24. The largest absolute Gasteiger partial charge is 0.465 e. The van der Waals surface area contributed by atoms with E-state index in [2.05, 4.69) is 15.5 Å². The number of anilines is 1. The average Bonchev–Trinajstić information content (AvgIpc) is 3.39. The monoisotopic (exact) mass is 418 g/mol. The van der Waals surface area contributed by atoms with Gasteiger partial charge in [-0.2, -0.15) is 0 Å². The highest BCUT2D eigenvalue weighted by Crippen LogP contribution is 2.28. The van der Waals surface area contributed by atoms with Crippen LogP contribution in [0.1, 0.15) is 36.0 Å². The second-order valence-corrected chi connectivity index (χ2v) is 7.39. The van der Waals surface area contributed by atoms with Crippen molar-refractivity contribution in [3.05, 3.63) is 66.1 Å². The van der Waals surface area contributed by atoms with E-state index in [1.54, 1.807) is 24.3 Å². The Morgan fingerprint density at radius 1 is 1.10 bits per heavy atom.